The van der Waals surface area contributed by atoms with E-state index in [1.54, 1.807) is 0 Å². The van der Waals surface area contributed by atoms with Crippen molar-refractivity contribution in [2.45, 2.75) is 45.1 Å². The van der Waals surface area contributed by atoms with Gasteiger partial charge in [-0.3, -0.25) is 4.79 Å². The minimum Gasteiger partial charge on any atom is -0.342 e. The molecule has 0 N–H and O–H groups in total. The van der Waals surface area contributed by atoms with Gasteiger partial charge in [0, 0.05) is 30.6 Å². The molecule has 3 rings (SSSR count). The molecule has 0 bridgehead atoms. The fourth-order valence-corrected chi connectivity index (χ4v) is 3.40. The molecule has 0 atom stereocenters. The Hall–Kier alpha value is -1.88. The number of benzene rings is 1. The maximum absolute atomic E-state index is 12.5. The van der Waals surface area contributed by atoms with E-state index in [1.807, 2.05) is 35.5 Å². The summed E-state index contributed by atoms with van der Waals surface area (Å²) in [6, 6.07) is 7.49. The minimum atomic E-state index is 0.186. The molecule has 2 heterocycles. The molecular formula is C18H23ClN4O. The number of aryl methyl sites for hydroxylation is 1. The van der Waals surface area contributed by atoms with Crippen molar-refractivity contribution in [3.63, 3.8) is 0 Å². The highest BCUT2D eigenvalue weighted by atomic mass is 35.5. The van der Waals surface area contributed by atoms with Crippen LogP contribution < -0.4 is 0 Å². The van der Waals surface area contributed by atoms with Crippen molar-refractivity contribution in [3.05, 3.63) is 47.0 Å². The summed E-state index contributed by atoms with van der Waals surface area (Å²) in [5.74, 6) is 1.66. The number of halogens is 1. The number of aromatic nitrogens is 3. The summed E-state index contributed by atoms with van der Waals surface area (Å²) in [4.78, 5) is 14.4. The van der Waals surface area contributed by atoms with Crippen LogP contribution in [0.4, 0.5) is 0 Å². The Balaban J connectivity index is 1.55. The molecule has 0 spiro atoms. The summed E-state index contributed by atoms with van der Waals surface area (Å²) in [5, 5.41) is 9.05. The monoisotopic (exact) mass is 346 g/mol. The molecule has 2 aromatic rings. The van der Waals surface area contributed by atoms with Gasteiger partial charge in [-0.05, 0) is 37.0 Å². The summed E-state index contributed by atoms with van der Waals surface area (Å²) in [5.41, 5.74) is 1.01. The van der Waals surface area contributed by atoms with Gasteiger partial charge in [0.25, 0.3) is 0 Å². The van der Waals surface area contributed by atoms with Crippen LogP contribution in [0.25, 0.3) is 0 Å². The van der Waals surface area contributed by atoms with Crippen molar-refractivity contribution in [2.75, 3.05) is 13.1 Å². The Kier molecular flexibility index (Phi) is 5.51. The zero-order valence-electron chi connectivity index (χ0n) is 14.0. The molecule has 1 aliphatic rings. The van der Waals surface area contributed by atoms with E-state index in [0.29, 0.717) is 17.4 Å². The van der Waals surface area contributed by atoms with E-state index in [4.69, 9.17) is 11.6 Å². The van der Waals surface area contributed by atoms with Crippen molar-refractivity contribution in [2.24, 2.45) is 0 Å². The van der Waals surface area contributed by atoms with Gasteiger partial charge in [-0.1, -0.05) is 30.7 Å². The van der Waals surface area contributed by atoms with Gasteiger partial charge in [-0.15, -0.1) is 10.2 Å². The molecule has 24 heavy (non-hydrogen) atoms. The second-order valence-corrected chi connectivity index (χ2v) is 6.78. The zero-order chi connectivity index (χ0) is 16.9. The molecular weight excluding hydrogens is 324 g/mol. The molecule has 0 saturated carbocycles. The van der Waals surface area contributed by atoms with Crippen molar-refractivity contribution >= 4 is 17.5 Å². The molecule has 0 unspecified atom stereocenters. The predicted molar refractivity (Wildman–Crippen MR) is 94.0 cm³/mol. The van der Waals surface area contributed by atoms with Crippen LogP contribution in [0.3, 0.4) is 0 Å². The topological polar surface area (TPSA) is 51.0 Å². The Labute approximate surface area is 147 Å². The lowest BCUT2D eigenvalue weighted by molar-refractivity contribution is -0.131. The quantitative estimate of drug-likeness (QED) is 0.834. The molecule has 128 valence electrons. The highest BCUT2D eigenvalue weighted by molar-refractivity contribution is 6.30. The van der Waals surface area contributed by atoms with Crippen molar-refractivity contribution in [3.8, 4) is 0 Å². The van der Waals surface area contributed by atoms with E-state index in [2.05, 4.69) is 21.7 Å². The summed E-state index contributed by atoms with van der Waals surface area (Å²) in [6.07, 6.45) is 5.23. The highest BCUT2D eigenvalue weighted by Gasteiger charge is 2.26. The van der Waals surface area contributed by atoms with Gasteiger partial charge in [0.1, 0.15) is 12.2 Å². The molecule has 0 radical (unpaired) electrons. The normalized spacial score (nSPS) is 15.7. The third-order valence-corrected chi connectivity index (χ3v) is 4.84. The first kappa shape index (κ1) is 17.0. The Morgan fingerprint density at radius 1 is 1.25 bits per heavy atom. The molecule has 6 heteroatoms. The van der Waals surface area contributed by atoms with E-state index >= 15 is 0 Å². The van der Waals surface area contributed by atoms with E-state index in [9.17, 15) is 4.79 Å². The smallest absolute Gasteiger partial charge is 0.226 e. The third kappa shape index (κ3) is 3.96. The first-order valence-electron chi connectivity index (χ1n) is 8.57. The Bertz CT molecular complexity index is 675. The average molecular weight is 347 g/mol. The first-order chi connectivity index (χ1) is 11.7. The summed E-state index contributed by atoms with van der Waals surface area (Å²) in [7, 11) is 0. The number of hydrogen-bond donors (Lipinski definition) is 0. The number of hydrogen-bond acceptors (Lipinski definition) is 3. The first-order valence-corrected chi connectivity index (χ1v) is 8.95. The molecule has 0 aliphatic carbocycles. The summed E-state index contributed by atoms with van der Waals surface area (Å²) in [6.45, 7) is 4.69. The van der Waals surface area contributed by atoms with Crippen LogP contribution in [0.1, 0.15) is 43.5 Å². The second-order valence-electron chi connectivity index (χ2n) is 6.34. The van der Waals surface area contributed by atoms with Crippen LogP contribution in [-0.2, 0) is 17.8 Å². The lowest BCUT2D eigenvalue weighted by Gasteiger charge is -2.31. The molecule has 1 aliphatic heterocycles. The van der Waals surface area contributed by atoms with Gasteiger partial charge in [0.05, 0.1) is 6.42 Å². The van der Waals surface area contributed by atoms with Gasteiger partial charge in [-0.25, -0.2) is 0 Å². The lowest BCUT2D eigenvalue weighted by Crippen LogP contribution is -2.39. The van der Waals surface area contributed by atoms with Crippen LogP contribution in [0, 0.1) is 0 Å². The van der Waals surface area contributed by atoms with E-state index in [0.717, 1.165) is 50.3 Å². The number of nitrogens with zero attached hydrogens (tertiary/aromatic N) is 4. The van der Waals surface area contributed by atoms with Crippen LogP contribution in [-0.4, -0.2) is 38.7 Å². The minimum absolute atomic E-state index is 0.186. The molecule has 1 amide bonds. The number of likely N-dealkylation sites (tertiary alicyclic amines) is 1. The van der Waals surface area contributed by atoms with Crippen LogP contribution >= 0.6 is 11.6 Å². The second kappa shape index (κ2) is 7.79. The van der Waals surface area contributed by atoms with Crippen molar-refractivity contribution in [1.29, 1.82) is 0 Å². The molecule has 1 saturated heterocycles. The number of rotatable bonds is 5. The van der Waals surface area contributed by atoms with Gasteiger partial charge in [-0.2, -0.15) is 0 Å². The number of piperidine rings is 1. The standard InChI is InChI=1S/C18H23ClN4O/c1-2-9-23-13-20-21-18(23)15-7-10-22(11-8-15)17(24)12-14-3-5-16(19)6-4-14/h3-6,13,15H,2,7-12H2,1H3. The van der Waals surface area contributed by atoms with Gasteiger partial charge in [0.15, 0.2) is 0 Å². The van der Waals surface area contributed by atoms with Gasteiger partial charge < -0.3 is 9.47 Å². The molecule has 5 nitrogen and oxygen atoms in total. The third-order valence-electron chi connectivity index (χ3n) is 4.59. The average Bonchev–Trinajstić information content (AvgIpc) is 3.06. The number of carbonyl (C=O) groups excluding carboxylic acids is 1. The summed E-state index contributed by atoms with van der Waals surface area (Å²) >= 11 is 5.89. The SMILES string of the molecule is CCCn1cnnc1C1CCN(C(=O)Cc2ccc(Cl)cc2)CC1. The van der Waals surface area contributed by atoms with E-state index < -0.39 is 0 Å². The number of amides is 1. The predicted octanol–water partition coefficient (Wildman–Crippen LogP) is 3.29. The molecule has 1 aromatic carbocycles. The van der Waals surface area contributed by atoms with E-state index in [-0.39, 0.29) is 5.91 Å². The van der Waals surface area contributed by atoms with Crippen LogP contribution in [0.15, 0.2) is 30.6 Å². The fourth-order valence-electron chi connectivity index (χ4n) is 3.27. The highest BCUT2D eigenvalue weighted by Crippen LogP contribution is 2.27. The van der Waals surface area contributed by atoms with Crippen LogP contribution in [0.2, 0.25) is 5.02 Å². The number of carbonyl (C=O) groups is 1. The Morgan fingerprint density at radius 3 is 2.62 bits per heavy atom. The summed E-state index contributed by atoms with van der Waals surface area (Å²) < 4.78 is 2.15. The molecule has 1 fully saturated rings. The fraction of sp³-hybridized carbons (Fsp3) is 0.500. The van der Waals surface area contributed by atoms with E-state index in [1.165, 1.54) is 0 Å². The van der Waals surface area contributed by atoms with Gasteiger partial charge >= 0.3 is 0 Å². The van der Waals surface area contributed by atoms with Crippen molar-refractivity contribution < 1.29 is 4.79 Å². The molecule has 1 aromatic heterocycles. The zero-order valence-corrected chi connectivity index (χ0v) is 14.7. The van der Waals surface area contributed by atoms with Gasteiger partial charge in [0.2, 0.25) is 5.91 Å². The van der Waals surface area contributed by atoms with Crippen molar-refractivity contribution in [1.82, 2.24) is 19.7 Å². The largest absolute Gasteiger partial charge is 0.342 e. The maximum Gasteiger partial charge on any atom is 0.226 e. The van der Waals surface area contributed by atoms with Crippen LogP contribution in [0.5, 0.6) is 0 Å². The Morgan fingerprint density at radius 2 is 1.96 bits per heavy atom. The maximum atomic E-state index is 12.5. The lowest BCUT2D eigenvalue weighted by atomic mass is 9.95.